The quantitative estimate of drug-likeness (QED) is 0.499. The minimum absolute atomic E-state index is 0.264. The van der Waals surface area contributed by atoms with Gasteiger partial charge in [0.1, 0.15) is 17.9 Å². The third kappa shape index (κ3) is 4.01. The van der Waals surface area contributed by atoms with E-state index in [0.29, 0.717) is 24.0 Å². The van der Waals surface area contributed by atoms with Gasteiger partial charge in [-0.1, -0.05) is 6.07 Å². The van der Waals surface area contributed by atoms with Gasteiger partial charge < -0.3 is 14.8 Å². The van der Waals surface area contributed by atoms with Gasteiger partial charge in [-0.3, -0.25) is 0 Å². The lowest BCUT2D eigenvalue weighted by Crippen LogP contribution is -2.05. The van der Waals surface area contributed by atoms with Crippen LogP contribution in [0.4, 0.5) is 11.5 Å². The van der Waals surface area contributed by atoms with Crippen LogP contribution in [0.5, 0.6) is 11.8 Å². The number of benzene rings is 1. The number of methoxy groups -OCH3 is 1. The van der Waals surface area contributed by atoms with Gasteiger partial charge in [-0.25, -0.2) is 15.0 Å². The molecule has 3 aromatic heterocycles. The number of hydrogen-bond donors (Lipinski definition) is 1. The van der Waals surface area contributed by atoms with E-state index in [2.05, 4.69) is 46.3 Å². The minimum atomic E-state index is 0.264. The Morgan fingerprint density at radius 2 is 2.00 bits per heavy atom. The zero-order valence-electron chi connectivity index (χ0n) is 14.2. The molecule has 0 saturated heterocycles. The summed E-state index contributed by atoms with van der Waals surface area (Å²) in [5.74, 6) is 1.80. The molecule has 0 spiro atoms. The monoisotopic (exact) mass is 427 g/mol. The summed E-state index contributed by atoms with van der Waals surface area (Å²) in [6.45, 7) is 0.377. The maximum absolute atomic E-state index is 5.70. The highest BCUT2D eigenvalue weighted by Gasteiger charge is 2.09. The lowest BCUT2D eigenvalue weighted by molar-refractivity contribution is 0.181. The summed E-state index contributed by atoms with van der Waals surface area (Å²) in [6.07, 6.45) is 4.70. The van der Waals surface area contributed by atoms with Crippen molar-refractivity contribution in [1.29, 1.82) is 0 Å². The van der Waals surface area contributed by atoms with E-state index < -0.39 is 0 Å². The zero-order valence-corrected chi connectivity index (χ0v) is 15.8. The molecule has 0 radical (unpaired) electrons. The number of hydrogen-bond acceptors (Lipinski definition) is 8. The molecule has 10 heteroatoms. The number of rotatable bonds is 6. The second kappa shape index (κ2) is 7.64. The molecule has 0 amide bonds. The second-order valence-electron chi connectivity index (χ2n) is 5.48. The molecule has 0 bridgehead atoms. The Balaban J connectivity index is 1.60. The molecular formula is C17H14BrN7O2. The van der Waals surface area contributed by atoms with E-state index in [1.165, 1.54) is 6.33 Å². The summed E-state index contributed by atoms with van der Waals surface area (Å²) in [7, 11) is 1.62. The number of fused-ring (bicyclic) bond motifs is 1. The molecule has 0 aliphatic heterocycles. The van der Waals surface area contributed by atoms with E-state index in [1.807, 2.05) is 30.3 Å². The summed E-state index contributed by atoms with van der Waals surface area (Å²) in [4.78, 5) is 16.7. The molecular weight excluding hydrogens is 414 g/mol. The average Bonchev–Trinajstić information content (AvgIpc) is 3.13. The maximum atomic E-state index is 5.70. The normalized spacial score (nSPS) is 10.9. The van der Waals surface area contributed by atoms with Crippen LogP contribution in [0.1, 0.15) is 5.69 Å². The van der Waals surface area contributed by atoms with Gasteiger partial charge in [-0.05, 0) is 28.1 Å². The highest BCUT2D eigenvalue weighted by Crippen LogP contribution is 2.25. The Bertz CT molecular complexity index is 1070. The van der Waals surface area contributed by atoms with Crippen molar-refractivity contribution in [2.75, 3.05) is 12.4 Å². The van der Waals surface area contributed by atoms with E-state index in [9.17, 15) is 0 Å². The average molecular weight is 428 g/mol. The lowest BCUT2D eigenvalue weighted by atomic mass is 10.3. The molecule has 1 N–H and O–H groups in total. The smallest absolute Gasteiger partial charge is 0.321 e. The number of anilines is 2. The Kier molecular flexibility index (Phi) is 4.90. The maximum Gasteiger partial charge on any atom is 0.321 e. The van der Waals surface area contributed by atoms with E-state index in [1.54, 1.807) is 24.0 Å². The fourth-order valence-electron chi connectivity index (χ4n) is 2.42. The fourth-order valence-corrected chi connectivity index (χ4v) is 2.62. The van der Waals surface area contributed by atoms with Gasteiger partial charge in [0.05, 0.1) is 16.8 Å². The molecule has 3 heterocycles. The highest BCUT2D eigenvalue weighted by molar-refractivity contribution is 9.10. The largest absolute Gasteiger partial charge is 0.424 e. The van der Waals surface area contributed by atoms with Gasteiger partial charge in [-0.2, -0.15) is 14.6 Å². The summed E-state index contributed by atoms with van der Waals surface area (Å²) < 4.78 is 13.3. The van der Waals surface area contributed by atoms with Crippen LogP contribution in [0.15, 0.2) is 53.5 Å². The number of halogens is 1. The number of nitrogens with one attached hydrogen (secondary N) is 1. The summed E-state index contributed by atoms with van der Waals surface area (Å²) in [5.41, 5.74) is 1.55. The van der Waals surface area contributed by atoms with Gasteiger partial charge in [-0.15, -0.1) is 0 Å². The van der Waals surface area contributed by atoms with Crippen molar-refractivity contribution in [3.8, 4) is 11.8 Å². The van der Waals surface area contributed by atoms with Crippen molar-refractivity contribution in [3.05, 3.63) is 59.2 Å². The third-order valence-electron chi connectivity index (χ3n) is 3.51. The van der Waals surface area contributed by atoms with Crippen molar-refractivity contribution in [1.82, 2.24) is 29.5 Å². The van der Waals surface area contributed by atoms with Crippen LogP contribution < -0.4 is 10.1 Å². The molecule has 0 atom stereocenters. The molecule has 0 saturated carbocycles. The van der Waals surface area contributed by atoms with Gasteiger partial charge in [0.2, 0.25) is 0 Å². The lowest BCUT2D eigenvalue weighted by Gasteiger charge is -2.11. The van der Waals surface area contributed by atoms with Crippen LogP contribution in [0.25, 0.3) is 5.78 Å². The summed E-state index contributed by atoms with van der Waals surface area (Å²) in [5, 5.41) is 7.50. The molecule has 0 unspecified atom stereocenters. The number of nitrogens with zero attached hydrogens (tertiary/aromatic N) is 6. The van der Waals surface area contributed by atoms with E-state index in [-0.39, 0.29) is 6.01 Å². The van der Waals surface area contributed by atoms with E-state index in [0.717, 1.165) is 15.9 Å². The van der Waals surface area contributed by atoms with Crippen LogP contribution in [0.2, 0.25) is 0 Å². The van der Waals surface area contributed by atoms with Gasteiger partial charge in [0.15, 0.2) is 0 Å². The topological polar surface area (TPSA) is 99.3 Å². The number of aromatic nitrogens is 6. The van der Waals surface area contributed by atoms with Crippen LogP contribution in [-0.4, -0.2) is 36.7 Å². The highest BCUT2D eigenvalue weighted by atomic mass is 79.9. The Morgan fingerprint density at radius 3 is 2.81 bits per heavy atom. The first-order chi connectivity index (χ1) is 13.2. The van der Waals surface area contributed by atoms with Gasteiger partial charge in [0, 0.05) is 37.3 Å². The molecule has 27 heavy (non-hydrogen) atoms. The molecule has 0 aliphatic rings. The first-order valence-corrected chi connectivity index (χ1v) is 8.71. The van der Waals surface area contributed by atoms with Crippen LogP contribution >= 0.6 is 15.9 Å². The Labute approximate surface area is 162 Å². The van der Waals surface area contributed by atoms with E-state index in [4.69, 9.17) is 9.47 Å². The summed E-state index contributed by atoms with van der Waals surface area (Å²) >= 11 is 3.29. The molecule has 136 valence electrons. The van der Waals surface area contributed by atoms with Crippen molar-refractivity contribution >= 4 is 33.2 Å². The van der Waals surface area contributed by atoms with Crippen molar-refractivity contribution in [3.63, 3.8) is 0 Å². The molecule has 9 nitrogen and oxygen atoms in total. The predicted octanol–water partition coefficient (Wildman–Crippen LogP) is 3.36. The second-order valence-corrected chi connectivity index (χ2v) is 6.39. The molecule has 4 aromatic rings. The third-order valence-corrected chi connectivity index (χ3v) is 3.92. The predicted molar refractivity (Wildman–Crippen MR) is 101 cm³/mol. The molecule has 4 rings (SSSR count). The standard InChI is InChI=1S/C17H14BrN7O2/c1-26-9-13-6-15(25-16(24-13)21-10-22-25)23-12-3-2-4-14(5-12)27-17-19-7-11(18)8-20-17/h2-8,10,23H,9H2,1H3. The van der Waals surface area contributed by atoms with Crippen LogP contribution in [-0.2, 0) is 11.3 Å². The van der Waals surface area contributed by atoms with Gasteiger partial charge >= 0.3 is 6.01 Å². The first-order valence-electron chi connectivity index (χ1n) is 7.92. The first kappa shape index (κ1) is 17.3. The molecule has 0 aliphatic carbocycles. The van der Waals surface area contributed by atoms with Crippen molar-refractivity contribution < 1.29 is 9.47 Å². The van der Waals surface area contributed by atoms with Gasteiger partial charge in [0.25, 0.3) is 5.78 Å². The fraction of sp³-hybridized carbons (Fsp3) is 0.118. The van der Waals surface area contributed by atoms with Crippen molar-refractivity contribution in [2.24, 2.45) is 0 Å². The SMILES string of the molecule is COCc1cc(Nc2cccc(Oc3ncc(Br)cn3)c2)n2ncnc2n1. The molecule has 1 aromatic carbocycles. The van der Waals surface area contributed by atoms with Crippen molar-refractivity contribution in [2.45, 2.75) is 6.61 Å². The summed E-state index contributed by atoms with van der Waals surface area (Å²) in [6, 6.07) is 9.56. The van der Waals surface area contributed by atoms with E-state index >= 15 is 0 Å². The number of ether oxygens (including phenoxy) is 2. The van der Waals surface area contributed by atoms with Crippen LogP contribution in [0, 0.1) is 0 Å². The zero-order chi connectivity index (χ0) is 18.6. The Morgan fingerprint density at radius 1 is 1.15 bits per heavy atom. The Hall–Kier alpha value is -3.11. The minimum Gasteiger partial charge on any atom is -0.424 e. The molecule has 0 fully saturated rings. The van der Waals surface area contributed by atoms with Crippen LogP contribution in [0.3, 0.4) is 0 Å².